The molecule has 3 N–H and O–H groups in total. The number of rotatable bonds is 8. The van der Waals surface area contributed by atoms with E-state index in [0.717, 1.165) is 17.7 Å². The molecule has 1 aromatic rings. The first kappa shape index (κ1) is 26.5. The van der Waals surface area contributed by atoms with E-state index in [-0.39, 0.29) is 31.2 Å². The summed E-state index contributed by atoms with van der Waals surface area (Å²) in [7, 11) is 3.58. The van der Waals surface area contributed by atoms with E-state index in [1.54, 1.807) is 13.2 Å². The van der Waals surface area contributed by atoms with E-state index in [2.05, 4.69) is 10.2 Å². The monoisotopic (exact) mass is 530 g/mol. The lowest BCUT2D eigenvalue weighted by Gasteiger charge is -2.61. The Labute approximate surface area is 220 Å². The fraction of sp³-hybridized carbons (Fsp3) is 0.593. The van der Waals surface area contributed by atoms with Crippen LogP contribution in [0.1, 0.15) is 44.2 Å². The summed E-state index contributed by atoms with van der Waals surface area (Å²) in [5, 5.41) is 23.8. The summed E-state index contributed by atoms with van der Waals surface area (Å²) < 4.78 is 23.0. The van der Waals surface area contributed by atoms with Gasteiger partial charge in [-0.2, -0.15) is 0 Å². The molecule has 5 rings (SSSR count). The van der Waals surface area contributed by atoms with Crippen molar-refractivity contribution < 1.29 is 43.5 Å². The van der Waals surface area contributed by atoms with Gasteiger partial charge in [0, 0.05) is 24.6 Å². The Kier molecular flexibility index (Phi) is 6.65. The molecule has 6 atom stereocenters. The van der Waals surface area contributed by atoms with Gasteiger partial charge in [-0.05, 0) is 58.0 Å². The van der Waals surface area contributed by atoms with Gasteiger partial charge in [0.05, 0.1) is 24.5 Å². The lowest BCUT2D eigenvalue weighted by atomic mass is 9.50. The molecule has 2 aliphatic carbocycles. The number of likely N-dealkylation sites (N-methyl/N-ethyl adjacent to an activating group) is 1. The van der Waals surface area contributed by atoms with Crippen LogP contribution in [-0.4, -0.2) is 90.2 Å². The number of carbonyl (C=O) groups is 3. The third-order valence-electron chi connectivity index (χ3n) is 8.42. The number of piperidine rings is 1. The fourth-order valence-electron chi connectivity index (χ4n) is 6.53. The van der Waals surface area contributed by atoms with Crippen LogP contribution >= 0.6 is 0 Å². The standard InChI is InChI=1S/C27H34N2O9/c1-14(30)24(32)28-11-8-20(31)36-15(2)25(33)37-18-7-9-27(34)19-13-16-5-6-17(35-4)22-21(16)26(27,23(18)38-22)10-12-29(19)3/h5-7,14-15,19,23,30,34H,8-13H2,1-4H3,(H,28,32)/t14-,15-,19+,23?,26?,27+/m0/s1. The molecular formula is C27H34N2O9. The number of amides is 1. The number of hydrogen-bond acceptors (Lipinski definition) is 10. The summed E-state index contributed by atoms with van der Waals surface area (Å²) in [5.74, 6) is -0.671. The Balaban J connectivity index is 1.35. The second-order valence-electron chi connectivity index (χ2n) is 10.6. The van der Waals surface area contributed by atoms with Crippen molar-refractivity contribution in [2.45, 2.75) is 74.9 Å². The van der Waals surface area contributed by atoms with Crippen LogP contribution in [0.25, 0.3) is 0 Å². The highest BCUT2D eigenvalue weighted by molar-refractivity contribution is 5.82. The van der Waals surface area contributed by atoms with Crippen LogP contribution in [0.2, 0.25) is 0 Å². The highest BCUT2D eigenvalue weighted by Crippen LogP contribution is 2.65. The molecule has 2 aliphatic heterocycles. The van der Waals surface area contributed by atoms with E-state index in [0.29, 0.717) is 24.3 Å². The molecule has 1 aromatic carbocycles. The maximum absolute atomic E-state index is 13.0. The Morgan fingerprint density at radius 1 is 1.29 bits per heavy atom. The van der Waals surface area contributed by atoms with E-state index in [4.69, 9.17) is 18.9 Å². The maximum atomic E-state index is 13.0. The van der Waals surface area contributed by atoms with Gasteiger partial charge in [-0.25, -0.2) is 4.79 Å². The number of carbonyl (C=O) groups excluding carboxylic acids is 3. The zero-order chi connectivity index (χ0) is 27.4. The molecule has 0 saturated carbocycles. The van der Waals surface area contributed by atoms with E-state index < -0.39 is 47.2 Å². The molecule has 1 spiro atoms. The quantitative estimate of drug-likeness (QED) is 0.403. The molecule has 38 heavy (non-hydrogen) atoms. The van der Waals surface area contributed by atoms with Gasteiger partial charge in [0.25, 0.3) is 0 Å². The van der Waals surface area contributed by atoms with Crippen molar-refractivity contribution in [2.24, 2.45) is 0 Å². The summed E-state index contributed by atoms with van der Waals surface area (Å²) in [6.07, 6.45) is -0.0620. The molecule has 0 radical (unpaired) electrons. The minimum atomic E-state index is -1.21. The normalized spacial score (nSPS) is 30.2. The number of nitrogens with zero attached hydrogens (tertiary/aromatic N) is 1. The van der Waals surface area contributed by atoms with Gasteiger partial charge in [-0.15, -0.1) is 0 Å². The van der Waals surface area contributed by atoms with Crippen molar-refractivity contribution in [3.8, 4) is 11.5 Å². The third kappa shape index (κ3) is 3.87. The largest absolute Gasteiger partial charge is 0.493 e. The van der Waals surface area contributed by atoms with Gasteiger partial charge in [-0.3, -0.25) is 9.59 Å². The van der Waals surface area contributed by atoms with Crippen molar-refractivity contribution >= 4 is 17.8 Å². The van der Waals surface area contributed by atoms with Gasteiger partial charge < -0.3 is 39.4 Å². The molecular weight excluding hydrogens is 496 g/mol. The van der Waals surface area contributed by atoms with Crippen molar-refractivity contribution in [1.82, 2.24) is 10.2 Å². The summed E-state index contributed by atoms with van der Waals surface area (Å²) in [6, 6.07) is 3.76. The first-order chi connectivity index (χ1) is 18.0. The summed E-state index contributed by atoms with van der Waals surface area (Å²) in [4.78, 5) is 38.7. The first-order valence-electron chi connectivity index (χ1n) is 12.9. The minimum absolute atomic E-state index is 0.0372. The Morgan fingerprint density at radius 2 is 2.05 bits per heavy atom. The van der Waals surface area contributed by atoms with E-state index in [9.17, 15) is 24.6 Å². The van der Waals surface area contributed by atoms with Gasteiger partial charge in [0.15, 0.2) is 23.7 Å². The molecule has 1 saturated heterocycles. The average Bonchev–Trinajstić information content (AvgIpc) is 3.23. The zero-order valence-corrected chi connectivity index (χ0v) is 22.0. The van der Waals surface area contributed by atoms with Crippen molar-refractivity contribution in [2.75, 3.05) is 27.2 Å². The minimum Gasteiger partial charge on any atom is -0.493 e. The molecule has 0 aromatic heterocycles. The predicted molar refractivity (Wildman–Crippen MR) is 132 cm³/mol. The first-order valence-corrected chi connectivity index (χ1v) is 12.9. The van der Waals surface area contributed by atoms with E-state index in [1.165, 1.54) is 13.8 Å². The predicted octanol–water partition coefficient (Wildman–Crippen LogP) is 0.335. The summed E-state index contributed by atoms with van der Waals surface area (Å²) in [6.45, 7) is 3.42. The van der Waals surface area contributed by atoms with Gasteiger partial charge >= 0.3 is 11.9 Å². The smallest absolute Gasteiger partial charge is 0.352 e. The summed E-state index contributed by atoms with van der Waals surface area (Å²) in [5.41, 5.74) is 0.0736. The molecule has 1 amide bonds. The average molecular weight is 531 g/mol. The highest BCUT2D eigenvalue weighted by atomic mass is 16.6. The molecule has 2 heterocycles. The maximum Gasteiger partial charge on any atom is 0.352 e. The lowest BCUT2D eigenvalue weighted by molar-refractivity contribution is -0.175. The second kappa shape index (κ2) is 9.55. The van der Waals surface area contributed by atoms with Crippen molar-refractivity contribution in [3.05, 3.63) is 35.1 Å². The zero-order valence-electron chi connectivity index (χ0n) is 22.0. The topological polar surface area (TPSA) is 144 Å². The number of nitrogens with one attached hydrogen (secondary N) is 1. The SMILES string of the molecule is COc1ccc2c3c1OC1C(OC(=O)[C@H](C)OC(=O)CCNC(=O)[C@H](C)O)=CC[C@@]4(O)[C@@H](C2)N(C)CCC314. The fourth-order valence-corrected chi connectivity index (χ4v) is 6.53. The molecule has 4 aliphatic rings. The number of methoxy groups -OCH3 is 1. The van der Waals surface area contributed by atoms with Gasteiger partial charge in [-0.1, -0.05) is 6.07 Å². The number of esters is 2. The van der Waals surface area contributed by atoms with Crippen LogP contribution in [0.5, 0.6) is 11.5 Å². The molecule has 2 bridgehead atoms. The summed E-state index contributed by atoms with van der Waals surface area (Å²) >= 11 is 0. The van der Waals surface area contributed by atoms with Crippen LogP contribution < -0.4 is 14.8 Å². The van der Waals surface area contributed by atoms with Crippen LogP contribution in [0.3, 0.4) is 0 Å². The number of benzene rings is 1. The second-order valence-corrected chi connectivity index (χ2v) is 10.6. The molecule has 206 valence electrons. The Hall–Kier alpha value is -3.15. The van der Waals surface area contributed by atoms with Crippen LogP contribution in [0.15, 0.2) is 24.0 Å². The van der Waals surface area contributed by atoms with Crippen LogP contribution in [0, 0.1) is 0 Å². The number of ether oxygens (including phenoxy) is 4. The third-order valence-corrected chi connectivity index (χ3v) is 8.42. The van der Waals surface area contributed by atoms with Gasteiger partial charge in [0.2, 0.25) is 5.91 Å². The molecule has 11 heteroatoms. The number of hydrogen-bond donors (Lipinski definition) is 3. The lowest BCUT2D eigenvalue weighted by Crippen LogP contribution is -2.74. The van der Waals surface area contributed by atoms with Crippen molar-refractivity contribution in [3.63, 3.8) is 0 Å². The molecule has 1 fully saturated rings. The van der Waals surface area contributed by atoms with Crippen LogP contribution in [-0.2, 0) is 35.7 Å². The van der Waals surface area contributed by atoms with Gasteiger partial charge in [0.1, 0.15) is 11.9 Å². The molecule has 2 unspecified atom stereocenters. The van der Waals surface area contributed by atoms with E-state index in [1.807, 2.05) is 19.2 Å². The number of likely N-dealkylation sites (tertiary alicyclic amines) is 1. The van der Waals surface area contributed by atoms with Crippen LogP contribution in [0.4, 0.5) is 0 Å². The highest BCUT2D eigenvalue weighted by Gasteiger charge is 2.72. The Morgan fingerprint density at radius 3 is 2.76 bits per heavy atom. The van der Waals surface area contributed by atoms with E-state index >= 15 is 0 Å². The number of aliphatic hydroxyl groups excluding tert-OH is 1. The Bertz CT molecular complexity index is 1200. The number of aliphatic hydroxyl groups is 2. The van der Waals surface area contributed by atoms with Crippen molar-refractivity contribution in [1.29, 1.82) is 0 Å². The molecule has 11 nitrogen and oxygen atoms in total.